The number of aromatic amines is 1. The summed E-state index contributed by atoms with van der Waals surface area (Å²) in [4.78, 5) is 0. The molecule has 0 atom stereocenters. The number of hydrogen-bond donors (Lipinski definition) is 1. The van der Waals surface area contributed by atoms with E-state index in [0.717, 1.165) is 16.9 Å². The molecule has 1 N–H and O–H groups in total. The molecule has 0 aliphatic carbocycles. The molecule has 0 amide bonds. The summed E-state index contributed by atoms with van der Waals surface area (Å²) in [5, 5.41) is 11.5. The Bertz CT molecular complexity index is 994. The minimum atomic E-state index is 0.388. The largest absolute Gasteiger partial charge is 0.497 e. The zero-order valence-electron chi connectivity index (χ0n) is 14.6. The number of hydrogen-bond acceptors (Lipinski definition) is 6. The zero-order valence-corrected chi connectivity index (χ0v) is 15.4. The minimum Gasteiger partial charge on any atom is -0.497 e. The maximum Gasteiger partial charge on any atom is 0.216 e. The van der Waals surface area contributed by atoms with Gasteiger partial charge < -0.3 is 14.2 Å². The number of rotatable bonds is 6. The molecule has 26 heavy (non-hydrogen) atoms. The van der Waals surface area contributed by atoms with Crippen molar-refractivity contribution in [3.8, 4) is 28.6 Å². The lowest BCUT2D eigenvalue weighted by atomic mass is 10.2. The fourth-order valence-electron chi connectivity index (χ4n) is 2.41. The topological polar surface area (TPSA) is 73.7 Å². The highest BCUT2D eigenvalue weighted by molar-refractivity contribution is 7.71. The number of H-pyrrole nitrogens is 1. The molecular formula is C18H18N4O3S. The summed E-state index contributed by atoms with van der Waals surface area (Å²) < 4.78 is 17.8. The van der Waals surface area contributed by atoms with Gasteiger partial charge in [0.1, 0.15) is 5.75 Å². The predicted molar refractivity (Wildman–Crippen MR) is 102 cm³/mol. The van der Waals surface area contributed by atoms with Gasteiger partial charge in [-0.1, -0.05) is 12.1 Å². The van der Waals surface area contributed by atoms with Gasteiger partial charge in [0.15, 0.2) is 17.3 Å². The van der Waals surface area contributed by atoms with E-state index in [0.29, 0.717) is 22.1 Å². The monoisotopic (exact) mass is 370 g/mol. The van der Waals surface area contributed by atoms with Gasteiger partial charge in [-0.3, -0.25) is 0 Å². The third kappa shape index (κ3) is 3.60. The van der Waals surface area contributed by atoms with Crippen molar-refractivity contribution in [2.24, 2.45) is 5.10 Å². The Balaban J connectivity index is 1.97. The highest BCUT2D eigenvalue weighted by Gasteiger charge is 2.09. The van der Waals surface area contributed by atoms with E-state index in [1.54, 1.807) is 32.2 Å². The van der Waals surface area contributed by atoms with Crippen LogP contribution in [-0.2, 0) is 0 Å². The third-order valence-electron chi connectivity index (χ3n) is 3.71. The third-order valence-corrected chi connectivity index (χ3v) is 3.97. The van der Waals surface area contributed by atoms with Crippen LogP contribution in [-0.4, -0.2) is 42.4 Å². The Hall–Kier alpha value is -3.13. The second kappa shape index (κ2) is 7.83. The summed E-state index contributed by atoms with van der Waals surface area (Å²) in [5.74, 6) is 2.60. The van der Waals surface area contributed by atoms with Crippen molar-refractivity contribution >= 4 is 18.4 Å². The van der Waals surface area contributed by atoms with Crippen LogP contribution < -0.4 is 14.2 Å². The van der Waals surface area contributed by atoms with Gasteiger partial charge in [-0.25, -0.2) is 5.10 Å². The Morgan fingerprint density at radius 1 is 1.04 bits per heavy atom. The Morgan fingerprint density at radius 2 is 1.85 bits per heavy atom. The molecule has 134 valence electrons. The van der Waals surface area contributed by atoms with Gasteiger partial charge in [-0.05, 0) is 48.1 Å². The summed E-state index contributed by atoms with van der Waals surface area (Å²) >= 11 is 5.29. The molecule has 0 spiro atoms. The lowest BCUT2D eigenvalue weighted by molar-refractivity contribution is 0.355. The summed E-state index contributed by atoms with van der Waals surface area (Å²) in [6.45, 7) is 0. The second-order valence-corrected chi connectivity index (χ2v) is 5.64. The summed E-state index contributed by atoms with van der Waals surface area (Å²) in [5.41, 5.74) is 1.67. The van der Waals surface area contributed by atoms with Crippen LogP contribution in [0.1, 0.15) is 5.56 Å². The van der Waals surface area contributed by atoms with Gasteiger partial charge in [-0.15, -0.1) is 0 Å². The van der Waals surface area contributed by atoms with Crippen molar-refractivity contribution in [3.63, 3.8) is 0 Å². The molecular weight excluding hydrogens is 352 g/mol. The van der Waals surface area contributed by atoms with E-state index in [-0.39, 0.29) is 0 Å². The molecule has 0 saturated carbocycles. The Morgan fingerprint density at radius 3 is 2.58 bits per heavy atom. The second-order valence-electron chi connectivity index (χ2n) is 5.26. The highest BCUT2D eigenvalue weighted by atomic mass is 32.1. The van der Waals surface area contributed by atoms with Crippen molar-refractivity contribution in [3.05, 3.63) is 52.8 Å². The SMILES string of the molecule is COc1cccc(-c2n[nH]c(=S)n2/N=C/c2ccc(OC)c(OC)c2)c1. The first-order valence-corrected chi connectivity index (χ1v) is 8.15. The number of nitrogens with zero attached hydrogens (tertiary/aromatic N) is 3. The fraction of sp³-hybridized carbons (Fsp3) is 0.167. The first-order chi connectivity index (χ1) is 12.7. The van der Waals surface area contributed by atoms with Gasteiger partial charge in [-0.2, -0.15) is 14.9 Å². The van der Waals surface area contributed by atoms with E-state index in [1.165, 1.54) is 0 Å². The Labute approximate surface area is 155 Å². The first kappa shape index (κ1) is 17.7. The quantitative estimate of drug-likeness (QED) is 0.531. The normalized spacial score (nSPS) is 10.9. The van der Waals surface area contributed by atoms with E-state index in [4.69, 9.17) is 26.4 Å². The molecule has 0 radical (unpaired) electrons. The summed E-state index contributed by atoms with van der Waals surface area (Å²) in [6.07, 6.45) is 1.68. The Kier molecular flexibility index (Phi) is 5.33. The van der Waals surface area contributed by atoms with Gasteiger partial charge in [0.2, 0.25) is 4.77 Å². The van der Waals surface area contributed by atoms with Crippen LogP contribution in [0.25, 0.3) is 11.4 Å². The molecule has 0 bridgehead atoms. The number of nitrogens with one attached hydrogen (secondary N) is 1. The molecule has 1 heterocycles. The molecule has 7 nitrogen and oxygen atoms in total. The molecule has 2 aromatic carbocycles. The van der Waals surface area contributed by atoms with Crippen molar-refractivity contribution in [2.45, 2.75) is 0 Å². The van der Waals surface area contributed by atoms with Gasteiger partial charge in [0.05, 0.1) is 27.5 Å². The molecule has 0 aliphatic rings. The molecule has 0 fully saturated rings. The van der Waals surface area contributed by atoms with Crippen LogP contribution in [0, 0.1) is 4.77 Å². The maximum atomic E-state index is 5.31. The van der Waals surface area contributed by atoms with Crippen molar-refractivity contribution in [1.29, 1.82) is 0 Å². The van der Waals surface area contributed by atoms with Crippen molar-refractivity contribution in [2.75, 3.05) is 21.3 Å². The molecule has 0 aliphatic heterocycles. The molecule has 1 aromatic heterocycles. The first-order valence-electron chi connectivity index (χ1n) is 7.74. The number of ether oxygens (including phenoxy) is 3. The van der Waals surface area contributed by atoms with Crippen LogP contribution >= 0.6 is 12.2 Å². The van der Waals surface area contributed by atoms with Crippen LogP contribution in [0.2, 0.25) is 0 Å². The van der Waals surface area contributed by atoms with Crippen LogP contribution in [0.3, 0.4) is 0 Å². The van der Waals surface area contributed by atoms with Crippen molar-refractivity contribution in [1.82, 2.24) is 14.9 Å². The minimum absolute atomic E-state index is 0.388. The van der Waals surface area contributed by atoms with Gasteiger partial charge in [0.25, 0.3) is 0 Å². The number of aromatic nitrogens is 3. The smallest absolute Gasteiger partial charge is 0.216 e. The standard InChI is InChI=1S/C18H18N4O3S/c1-23-14-6-4-5-13(10-14)17-20-21-18(26)22(17)19-11-12-7-8-15(24-2)16(9-12)25-3/h4-11H,1-3H3,(H,21,26)/b19-11+. The van der Waals surface area contributed by atoms with E-state index in [2.05, 4.69) is 15.3 Å². The molecule has 0 unspecified atom stereocenters. The van der Waals surface area contributed by atoms with E-state index in [1.807, 2.05) is 42.5 Å². The number of benzene rings is 2. The van der Waals surface area contributed by atoms with E-state index >= 15 is 0 Å². The molecule has 0 saturated heterocycles. The predicted octanol–water partition coefficient (Wildman–Crippen LogP) is 3.52. The average molecular weight is 370 g/mol. The average Bonchev–Trinajstić information content (AvgIpc) is 3.06. The van der Waals surface area contributed by atoms with Crippen LogP contribution in [0.5, 0.6) is 17.2 Å². The van der Waals surface area contributed by atoms with Crippen LogP contribution in [0.4, 0.5) is 0 Å². The zero-order chi connectivity index (χ0) is 18.5. The molecule has 3 rings (SSSR count). The van der Waals surface area contributed by atoms with E-state index < -0.39 is 0 Å². The van der Waals surface area contributed by atoms with Gasteiger partial charge >= 0.3 is 0 Å². The van der Waals surface area contributed by atoms with Gasteiger partial charge in [0, 0.05) is 5.56 Å². The van der Waals surface area contributed by atoms with Crippen LogP contribution in [0.15, 0.2) is 47.6 Å². The number of methoxy groups -OCH3 is 3. The van der Waals surface area contributed by atoms with E-state index in [9.17, 15) is 0 Å². The maximum absolute atomic E-state index is 5.31. The fourth-order valence-corrected chi connectivity index (χ4v) is 2.58. The molecule has 3 aromatic rings. The summed E-state index contributed by atoms with van der Waals surface area (Å²) in [7, 11) is 4.80. The molecule has 8 heteroatoms. The summed E-state index contributed by atoms with van der Waals surface area (Å²) in [6, 6.07) is 13.0. The lowest BCUT2D eigenvalue weighted by Gasteiger charge is -2.07. The highest BCUT2D eigenvalue weighted by Crippen LogP contribution is 2.27. The lowest BCUT2D eigenvalue weighted by Crippen LogP contribution is -1.96. The van der Waals surface area contributed by atoms with Crippen molar-refractivity contribution < 1.29 is 14.2 Å².